The molecule has 0 aliphatic heterocycles. The van der Waals surface area contributed by atoms with Crippen molar-refractivity contribution in [2.75, 3.05) is 21.3 Å². The van der Waals surface area contributed by atoms with Gasteiger partial charge in [-0.2, -0.15) is 0 Å². The van der Waals surface area contributed by atoms with E-state index in [1.807, 2.05) is 0 Å². The summed E-state index contributed by atoms with van der Waals surface area (Å²) in [5, 5.41) is 1.76. The zero-order valence-corrected chi connectivity index (χ0v) is 15.2. The molecule has 3 aromatic rings. The number of carbonyl (C=O) groups is 1. The predicted molar refractivity (Wildman–Crippen MR) is 94.6 cm³/mol. The largest absolute Gasteiger partial charge is 0.493 e. The molecule has 26 heavy (non-hydrogen) atoms. The summed E-state index contributed by atoms with van der Waals surface area (Å²) in [6, 6.07) is 4.44. The van der Waals surface area contributed by atoms with E-state index in [0.717, 1.165) is 0 Å². The standard InChI is InChI=1S/C17H16N2O6S/c1-22-12-5-4-11(14(23-2)15(12)24-3)16(21)25-9-10-8-13(20)19-6-7-26-17(19)18-10/h4-8H,9H2,1-3H3. The molecule has 0 fully saturated rings. The second kappa shape index (κ2) is 7.44. The molecule has 8 nitrogen and oxygen atoms in total. The van der Waals surface area contributed by atoms with Crippen LogP contribution >= 0.6 is 11.3 Å². The fraction of sp³-hybridized carbons (Fsp3) is 0.235. The lowest BCUT2D eigenvalue weighted by atomic mass is 10.1. The molecular weight excluding hydrogens is 360 g/mol. The number of fused-ring (bicyclic) bond motifs is 1. The number of nitrogens with zero attached hydrogens (tertiary/aromatic N) is 2. The molecule has 0 bridgehead atoms. The summed E-state index contributed by atoms with van der Waals surface area (Å²) in [7, 11) is 4.35. The molecule has 0 spiro atoms. The van der Waals surface area contributed by atoms with Gasteiger partial charge in [-0.3, -0.25) is 9.20 Å². The highest BCUT2D eigenvalue weighted by molar-refractivity contribution is 7.15. The van der Waals surface area contributed by atoms with E-state index in [4.69, 9.17) is 18.9 Å². The van der Waals surface area contributed by atoms with Gasteiger partial charge in [0, 0.05) is 17.6 Å². The quantitative estimate of drug-likeness (QED) is 0.609. The van der Waals surface area contributed by atoms with Crippen LogP contribution in [0.1, 0.15) is 16.1 Å². The van der Waals surface area contributed by atoms with Crippen LogP contribution in [0.25, 0.3) is 4.96 Å². The van der Waals surface area contributed by atoms with Crippen molar-refractivity contribution in [1.29, 1.82) is 0 Å². The van der Waals surface area contributed by atoms with Crippen molar-refractivity contribution in [1.82, 2.24) is 9.38 Å². The minimum Gasteiger partial charge on any atom is -0.493 e. The summed E-state index contributed by atoms with van der Waals surface area (Å²) < 4.78 is 22.4. The highest BCUT2D eigenvalue weighted by atomic mass is 32.1. The first-order valence-electron chi connectivity index (χ1n) is 7.51. The van der Waals surface area contributed by atoms with Gasteiger partial charge in [-0.05, 0) is 12.1 Å². The van der Waals surface area contributed by atoms with Crippen LogP contribution in [-0.4, -0.2) is 36.7 Å². The highest BCUT2D eigenvalue weighted by Gasteiger charge is 2.22. The Kier molecular flexibility index (Phi) is 5.08. The lowest BCUT2D eigenvalue weighted by Crippen LogP contribution is -2.15. The number of aromatic nitrogens is 2. The Balaban J connectivity index is 1.84. The molecule has 9 heteroatoms. The lowest BCUT2D eigenvalue weighted by Gasteiger charge is -2.15. The first-order valence-corrected chi connectivity index (χ1v) is 8.39. The van der Waals surface area contributed by atoms with E-state index in [-0.39, 0.29) is 23.5 Å². The van der Waals surface area contributed by atoms with Gasteiger partial charge in [-0.15, -0.1) is 11.3 Å². The number of esters is 1. The minimum atomic E-state index is -0.629. The van der Waals surface area contributed by atoms with Gasteiger partial charge in [0.2, 0.25) is 5.75 Å². The molecule has 0 saturated carbocycles. The molecule has 0 aliphatic carbocycles. The molecule has 0 unspecified atom stereocenters. The Bertz CT molecular complexity index is 1010. The summed E-state index contributed by atoms with van der Waals surface area (Å²) in [5.41, 5.74) is 0.315. The van der Waals surface area contributed by atoms with E-state index in [1.165, 1.54) is 49.2 Å². The number of hydrogen-bond acceptors (Lipinski definition) is 8. The van der Waals surface area contributed by atoms with Crippen LogP contribution in [0, 0.1) is 0 Å². The van der Waals surface area contributed by atoms with Crippen LogP contribution in [0.5, 0.6) is 17.2 Å². The van der Waals surface area contributed by atoms with Gasteiger partial charge >= 0.3 is 5.97 Å². The minimum absolute atomic E-state index is 0.139. The fourth-order valence-corrected chi connectivity index (χ4v) is 3.18. The second-order valence-electron chi connectivity index (χ2n) is 5.10. The zero-order valence-electron chi connectivity index (χ0n) is 14.3. The summed E-state index contributed by atoms with van der Waals surface area (Å²) in [5.74, 6) is 0.300. The van der Waals surface area contributed by atoms with Crippen LogP contribution in [-0.2, 0) is 11.3 Å². The molecule has 2 aromatic heterocycles. The summed E-state index contributed by atoms with van der Waals surface area (Å²) in [6.45, 7) is -0.139. The van der Waals surface area contributed by atoms with E-state index >= 15 is 0 Å². The molecule has 0 atom stereocenters. The number of hydrogen-bond donors (Lipinski definition) is 0. The maximum absolute atomic E-state index is 12.5. The number of ether oxygens (including phenoxy) is 4. The Morgan fingerprint density at radius 3 is 2.62 bits per heavy atom. The Morgan fingerprint density at radius 2 is 1.92 bits per heavy atom. The molecular formula is C17H16N2O6S. The molecule has 2 heterocycles. The maximum Gasteiger partial charge on any atom is 0.342 e. The van der Waals surface area contributed by atoms with Crippen molar-refractivity contribution in [3.05, 3.63) is 51.4 Å². The van der Waals surface area contributed by atoms with Gasteiger partial charge < -0.3 is 18.9 Å². The van der Waals surface area contributed by atoms with Crippen molar-refractivity contribution >= 4 is 22.3 Å². The average Bonchev–Trinajstić information content (AvgIpc) is 3.13. The van der Waals surface area contributed by atoms with Crippen LogP contribution in [0.3, 0.4) is 0 Å². The number of benzene rings is 1. The molecule has 0 N–H and O–H groups in total. The first-order chi connectivity index (χ1) is 12.6. The maximum atomic E-state index is 12.5. The van der Waals surface area contributed by atoms with Gasteiger partial charge in [0.15, 0.2) is 16.5 Å². The predicted octanol–water partition coefficient (Wildman–Crippen LogP) is 2.14. The van der Waals surface area contributed by atoms with E-state index < -0.39 is 5.97 Å². The van der Waals surface area contributed by atoms with E-state index in [0.29, 0.717) is 22.2 Å². The van der Waals surface area contributed by atoms with E-state index in [2.05, 4.69) is 4.98 Å². The van der Waals surface area contributed by atoms with Gasteiger partial charge in [0.25, 0.3) is 5.56 Å². The molecule has 0 radical (unpaired) electrons. The van der Waals surface area contributed by atoms with Crippen LogP contribution in [0.4, 0.5) is 0 Å². The normalized spacial score (nSPS) is 10.6. The third-order valence-electron chi connectivity index (χ3n) is 3.63. The van der Waals surface area contributed by atoms with Crippen molar-refractivity contribution < 1.29 is 23.7 Å². The third-order valence-corrected chi connectivity index (χ3v) is 4.39. The van der Waals surface area contributed by atoms with Crippen molar-refractivity contribution in [3.63, 3.8) is 0 Å². The second-order valence-corrected chi connectivity index (χ2v) is 5.97. The molecule has 0 aliphatic rings. The molecule has 136 valence electrons. The van der Waals surface area contributed by atoms with Crippen molar-refractivity contribution in [2.24, 2.45) is 0 Å². The van der Waals surface area contributed by atoms with E-state index in [1.54, 1.807) is 17.6 Å². The number of rotatable bonds is 6. The molecule has 0 amide bonds. The number of carbonyl (C=O) groups excluding carboxylic acids is 1. The highest BCUT2D eigenvalue weighted by Crippen LogP contribution is 2.40. The van der Waals surface area contributed by atoms with E-state index in [9.17, 15) is 9.59 Å². The Labute approximate surface area is 152 Å². The summed E-state index contributed by atoms with van der Waals surface area (Å²) in [6.07, 6.45) is 1.64. The molecule has 1 aromatic carbocycles. The van der Waals surface area contributed by atoms with Crippen molar-refractivity contribution in [2.45, 2.75) is 6.61 Å². The summed E-state index contributed by atoms with van der Waals surface area (Å²) >= 11 is 1.32. The zero-order chi connectivity index (χ0) is 18.7. The van der Waals surface area contributed by atoms with Crippen LogP contribution in [0.15, 0.2) is 34.6 Å². The SMILES string of the molecule is COc1ccc(C(=O)OCc2cc(=O)n3ccsc3n2)c(OC)c1OC. The summed E-state index contributed by atoms with van der Waals surface area (Å²) in [4.78, 5) is 29.3. The molecule has 3 rings (SSSR count). The van der Waals surface area contributed by atoms with Crippen LogP contribution < -0.4 is 19.8 Å². The number of thiazole rings is 1. The average molecular weight is 376 g/mol. The van der Waals surface area contributed by atoms with Gasteiger partial charge in [0.05, 0.1) is 27.0 Å². The third kappa shape index (κ3) is 3.21. The first kappa shape index (κ1) is 17.7. The van der Waals surface area contributed by atoms with Gasteiger partial charge in [-0.25, -0.2) is 9.78 Å². The lowest BCUT2D eigenvalue weighted by molar-refractivity contribution is 0.0463. The van der Waals surface area contributed by atoms with Gasteiger partial charge in [0.1, 0.15) is 12.2 Å². The topological polar surface area (TPSA) is 88.4 Å². The Morgan fingerprint density at radius 1 is 1.15 bits per heavy atom. The monoisotopic (exact) mass is 376 g/mol. The van der Waals surface area contributed by atoms with Gasteiger partial charge in [-0.1, -0.05) is 0 Å². The fourth-order valence-electron chi connectivity index (χ4n) is 2.44. The van der Waals surface area contributed by atoms with Crippen LogP contribution in [0.2, 0.25) is 0 Å². The molecule has 0 saturated heterocycles. The smallest absolute Gasteiger partial charge is 0.342 e. The van der Waals surface area contributed by atoms with Crippen molar-refractivity contribution in [3.8, 4) is 17.2 Å². The number of methoxy groups -OCH3 is 3. The Hall–Kier alpha value is -3.07.